The number of nitrogens with zero attached hydrogens (tertiary/aromatic N) is 1. The molecule has 104 valence electrons. The fourth-order valence-electron chi connectivity index (χ4n) is 2.91. The van der Waals surface area contributed by atoms with Crippen molar-refractivity contribution >= 4 is 11.8 Å². The van der Waals surface area contributed by atoms with Crippen LogP contribution in [0.3, 0.4) is 0 Å². The van der Waals surface area contributed by atoms with Crippen molar-refractivity contribution in [1.29, 1.82) is 0 Å². The smallest absolute Gasteiger partial charge is 0.254 e. The summed E-state index contributed by atoms with van der Waals surface area (Å²) in [7, 11) is 3.21. The summed E-state index contributed by atoms with van der Waals surface area (Å²) in [4.78, 5) is 25.1. The van der Waals surface area contributed by atoms with Gasteiger partial charge in [-0.3, -0.25) is 14.5 Å². The minimum atomic E-state index is -0.365. The predicted molar refractivity (Wildman–Crippen MR) is 71.2 cm³/mol. The van der Waals surface area contributed by atoms with Crippen LogP contribution in [0.2, 0.25) is 0 Å². The second-order valence-electron chi connectivity index (χ2n) is 4.87. The zero-order valence-corrected chi connectivity index (χ0v) is 11.3. The van der Waals surface area contributed by atoms with Gasteiger partial charge in [0.2, 0.25) is 0 Å². The van der Waals surface area contributed by atoms with Gasteiger partial charge in [0.05, 0.1) is 19.3 Å². The number of imide groups is 1. The lowest BCUT2D eigenvalue weighted by molar-refractivity contribution is -0.142. The highest BCUT2D eigenvalue weighted by atomic mass is 16.5. The Morgan fingerprint density at radius 2 is 1.85 bits per heavy atom. The summed E-state index contributed by atoms with van der Waals surface area (Å²) in [6.07, 6.45) is 3.04. The Hall–Kier alpha value is -2.14. The van der Waals surface area contributed by atoms with Crippen molar-refractivity contribution in [2.75, 3.05) is 14.2 Å². The molecule has 2 amide bonds. The summed E-state index contributed by atoms with van der Waals surface area (Å²) >= 11 is 0. The first-order chi connectivity index (χ1) is 9.65. The monoisotopic (exact) mass is 273 g/mol. The minimum absolute atomic E-state index is 0.218. The molecule has 5 heteroatoms. The Morgan fingerprint density at radius 1 is 1.15 bits per heavy atom. The van der Waals surface area contributed by atoms with Gasteiger partial charge in [0, 0.05) is 25.7 Å². The van der Waals surface area contributed by atoms with Crippen molar-refractivity contribution in [3.63, 3.8) is 0 Å². The van der Waals surface area contributed by atoms with E-state index in [1.165, 1.54) is 17.1 Å². The second-order valence-corrected chi connectivity index (χ2v) is 4.87. The van der Waals surface area contributed by atoms with Gasteiger partial charge in [-0.15, -0.1) is 0 Å². The van der Waals surface area contributed by atoms with Crippen LogP contribution in [0.5, 0.6) is 5.75 Å². The van der Waals surface area contributed by atoms with Crippen LogP contribution in [0.25, 0.3) is 0 Å². The third-order valence-corrected chi connectivity index (χ3v) is 3.87. The molecule has 1 aromatic carbocycles. The van der Waals surface area contributed by atoms with Crippen LogP contribution in [-0.4, -0.2) is 37.0 Å². The molecule has 1 heterocycles. The highest BCUT2D eigenvalue weighted by Crippen LogP contribution is 2.40. The third kappa shape index (κ3) is 1.82. The first-order valence-corrected chi connectivity index (χ1v) is 6.40. The van der Waals surface area contributed by atoms with E-state index in [0.717, 1.165) is 16.9 Å². The molecule has 0 spiro atoms. The summed E-state index contributed by atoms with van der Waals surface area (Å²) in [5.41, 5.74) is 2.00. The summed E-state index contributed by atoms with van der Waals surface area (Å²) < 4.78 is 10.7. The van der Waals surface area contributed by atoms with Gasteiger partial charge >= 0.3 is 0 Å². The molecule has 0 radical (unpaired) electrons. The summed E-state index contributed by atoms with van der Waals surface area (Å²) in [5.74, 6) is 0.188. The Bertz CT molecular complexity index is 590. The maximum absolute atomic E-state index is 11.9. The molecule has 0 N–H and O–H groups in total. The van der Waals surface area contributed by atoms with Crippen molar-refractivity contribution in [3.8, 4) is 5.75 Å². The van der Waals surface area contributed by atoms with Crippen LogP contribution in [-0.2, 0) is 20.7 Å². The van der Waals surface area contributed by atoms with E-state index in [2.05, 4.69) is 0 Å². The molecule has 3 rings (SSSR count). The first kappa shape index (κ1) is 12.9. The number of rotatable bonds is 3. The van der Waals surface area contributed by atoms with E-state index in [1.54, 1.807) is 14.2 Å². The average Bonchev–Trinajstić information content (AvgIpc) is 2.98. The molecule has 0 aromatic heterocycles. The van der Waals surface area contributed by atoms with Crippen LogP contribution in [0.15, 0.2) is 30.4 Å². The fourth-order valence-corrected chi connectivity index (χ4v) is 2.91. The summed E-state index contributed by atoms with van der Waals surface area (Å²) in [5, 5.41) is 0. The van der Waals surface area contributed by atoms with Crippen LogP contribution in [0.4, 0.5) is 0 Å². The molecule has 2 atom stereocenters. The number of ether oxygens (including phenoxy) is 2. The Morgan fingerprint density at radius 3 is 2.45 bits per heavy atom. The molecular weight excluding hydrogens is 258 g/mol. The third-order valence-electron chi connectivity index (χ3n) is 3.87. The van der Waals surface area contributed by atoms with E-state index >= 15 is 0 Å². The number of methoxy groups -OCH3 is 2. The molecule has 0 saturated carbocycles. The SMILES string of the molecule is COc1ccc2c(c1)C[C@H](OC)[C@H]2N1C(=O)C=CC1=O. The Labute approximate surface area is 116 Å². The molecule has 1 aliphatic carbocycles. The summed E-state index contributed by atoms with van der Waals surface area (Å²) in [6.45, 7) is 0. The van der Waals surface area contributed by atoms with Gasteiger partial charge in [-0.25, -0.2) is 0 Å². The highest BCUT2D eigenvalue weighted by Gasteiger charge is 2.42. The molecule has 1 aliphatic heterocycles. The van der Waals surface area contributed by atoms with E-state index < -0.39 is 0 Å². The highest BCUT2D eigenvalue weighted by molar-refractivity contribution is 6.13. The number of hydrogen-bond donors (Lipinski definition) is 0. The van der Waals surface area contributed by atoms with Gasteiger partial charge in [-0.05, 0) is 23.3 Å². The predicted octanol–water partition coefficient (Wildman–Crippen LogP) is 1.23. The summed E-state index contributed by atoms with van der Waals surface area (Å²) in [6, 6.07) is 5.30. The van der Waals surface area contributed by atoms with Crippen LogP contribution in [0.1, 0.15) is 17.2 Å². The van der Waals surface area contributed by atoms with Crippen molar-refractivity contribution < 1.29 is 19.1 Å². The van der Waals surface area contributed by atoms with Crippen LogP contribution >= 0.6 is 0 Å². The van der Waals surface area contributed by atoms with Crippen molar-refractivity contribution in [2.45, 2.75) is 18.6 Å². The molecule has 0 unspecified atom stereocenters. The fraction of sp³-hybridized carbons (Fsp3) is 0.333. The average molecular weight is 273 g/mol. The molecule has 2 aliphatic rings. The Balaban J connectivity index is 2.02. The maximum Gasteiger partial charge on any atom is 0.254 e. The molecule has 5 nitrogen and oxygen atoms in total. The van der Waals surface area contributed by atoms with Gasteiger partial charge in [-0.1, -0.05) is 6.07 Å². The molecular formula is C15H15NO4. The van der Waals surface area contributed by atoms with E-state index in [0.29, 0.717) is 6.42 Å². The normalized spacial score (nSPS) is 24.4. The van der Waals surface area contributed by atoms with Gasteiger partial charge < -0.3 is 9.47 Å². The quantitative estimate of drug-likeness (QED) is 0.777. The number of carbonyl (C=O) groups excluding carboxylic acids is 2. The van der Waals surface area contributed by atoms with Crippen LogP contribution in [0, 0.1) is 0 Å². The maximum atomic E-state index is 11.9. The molecule has 20 heavy (non-hydrogen) atoms. The van der Waals surface area contributed by atoms with Crippen molar-refractivity contribution in [2.24, 2.45) is 0 Å². The lowest BCUT2D eigenvalue weighted by Crippen LogP contribution is -2.39. The van der Waals surface area contributed by atoms with Gasteiger partial charge in [0.15, 0.2) is 0 Å². The number of carbonyl (C=O) groups is 2. The van der Waals surface area contributed by atoms with Crippen molar-refractivity contribution in [3.05, 3.63) is 41.5 Å². The lowest BCUT2D eigenvalue weighted by atomic mass is 10.1. The van der Waals surface area contributed by atoms with E-state index in [-0.39, 0.29) is 24.0 Å². The lowest BCUT2D eigenvalue weighted by Gasteiger charge is -2.27. The topological polar surface area (TPSA) is 55.8 Å². The molecule has 1 aromatic rings. The standard InChI is InChI=1S/C15H15NO4/c1-19-10-3-4-11-9(7-10)8-12(20-2)15(11)16-13(17)5-6-14(16)18/h3-7,12,15H,8H2,1-2H3/t12-,15-/m0/s1. The molecule has 0 saturated heterocycles. The zero-order chi connectivity index (χ0) is 14.3. The zero-order valence-electron chi connectivity index (χ0n) is 11.3. The Kier molecular flexibility index (Phi) is 3.06. The number of hydrogen-bond acceptors (Lipinski definition) is 4. The van der Waals surface area contributed by atoms with Gasteiger partial charge in [0.25, 0.3) is 11.8 Å². The number of fused-ring (bicyclic) bond motifs is 1. The van der Waals surface area contributed by atoms with E-state index in [9.17, 15) is 9.59 Å². The van der Waals surface area contributed by atoms with Crippen molar-refractivity contribution in [1.82, 2.24) is 4.90 Å². The van der Waals surface area contributed by atoms with Crippen LogP contribution < -0.4 is 4.74 Å². The van der Waals surface area contributed by atoms with Gasteiger partial charge in [-0.2, -0.15) is 0 Å². The van der Waals surface area contributed by atoms with E-state index in [4.69, 9.17) is 9.47 Å². The van der Waals surface area contributed by atoms with Gasteiger partial charge in [0.1, 0.15) is 5.75 Å². The molecule has 0 fully saturated rings. The molecule has 0 bridgehead atoms. The largest absolute Gasteiger partial charge is 0.497 e. The number of amides is 2. The second kappa shape index (κ2) is 4.76. The van der Waals surface area contributed by atoms with E-state index in [1.807, 2.05) is 18.2 Å². The minimum Gasteiger partial charge on any atom is -0.497 e. The first-order valence-electron chi connectivity index (χ1n) is 6.40. The number of benzene rings is 1.